The maximum Gasteiger partial charge on any atom is 0.119 e. The Labute approximate surface area is 122 Å². The Morgan fingerprint density at radius 1 is 1.20 bits per heavy atom. The topological polar surface area (TPSA) is 32.7 Å². The van der Waals surface area contributed by atoms with Crippen molar-refractivity contribution in [1.82, 2.24) is 4.90 Å². The smallest absolute Gasteiger partial charge is 0.119 e. The molecule has 1 aromatic rings. The van der Waals surface area contributed by atoms with E-state index in [1.807, 2.05) is 38.1 Å². The molecule has 1 aliphatic rings. The van der Waals surface area contributed by atoms with Crippen LogP contribution in [0.1, 0.15) is 45.3 Å². The number of nitrogens with zero attached hydrogens (tertiary/aromatic N) is 1. The zero-order valence-corrected chi connectivity index (χ0v) is 13.0. The van der Waals surface area contributed by atoms with Gasteiger partial charge in [0.15, 0.2) is 0 Å². The van der Waals surface area contributed by atoms with Gasteiger partial charge in [0.05, 0.1) is 12.2 Å². The number of ether oxygens (including phenoxy) is 1. The van der Waals surface area contributed by atoms with Crippen LogP contribution in [0.5, 0.6) is 5.75 Å². The van der Waals surface area contributed by atoms with Crippen LogP contribution in [0.3, 0.4) is 0 Å². The highest BCUT2D eigenvalue weighted by Crippen LogP contribution is 2.35. The highest BCUT2D eigenvalue weighted by atomic mass is 16.5. The first-order chi connectivity index (χ1) is 9.47. The SMILES string of the molecule is CC(C)Oc1ccc(C(O)CN(C)C(C)C2CC2)cc1. The Bertz CT molecular complexity index is 412. The molecule has 0 bridgehead atoms. The molecule has 0 aliphatic heterocycles. The van der Waals surface area contributed by atoms with Crippen molar-refractivity contribution < 1.29 is 9.84 Å². The summed E-state index contributed by atoms with van der Waals surface area (Å²) in [5.74, 6) is 1.68. The average Bonchev–Trinajstić information content (AvgIpc) is 3.22. The summed E-state index contributed by atoms with van der Waals surface area (Å²) in [6.07, 6.45) is 2.41. The minimum Gasteiger partial charge on any atom is -0.491 e. The lowest BCUT2D eigenvalue weighted by Gasteiger charge is -2.27. The lowest BCUT2D eigenvalue weighted by molar-refractivity contribution is 0.102. The Morgan fingerprint density at radius 2 is 1.80 bits per heavy atom. The summed E-state index contributed by atoms with van der Waals surface area (Å²) < 4.78 is 5.62. The number of hydrogen-bond donors (Lipinski definition) is 1. The van der Waals surface area contributed by atoms with Crippen molar-refractivity contribution in [3.05, 3.63) is 29.8 Å². The normalized spacial score (nSPS) is 18.4. The van der Waals surface area contributed by atoms with Crippen LogP contribution in [0.4, 0.5) is 0 Å². The van der Waals surface area contributed by atoms with Crippen LogP contribution >= 0.6 is 0 Å². The fourth-order valence-electron chi connectivity index (χ4n) is 2.52. The van der Waals surface area contributed by atoms with Crippen LogP contribution in [0.2, 0.25) is 0 Å². The number of hydrogen-bond acceptors (Lipinski definition) is 3. The molecular formula is C17H27NO2. The number of aliphatic hydroxyl groups excluding tert-OH is 1. The first kappa shape index (κ1) is 15.3. The van der Waals surface area contributed by atoms with Gasteiger partial charge in [0.25, 0.3) is 0 Å². The van der Waals surface area contributed by atoms with Crippen molar-refractivity contribution in [2.75, 3.05) is 13.6 Å². The second-order valence-electron chi connectivity index (χ2n) is 6.27. The molecule has 20 heavy (non-hydrogen) atoms. The maximum atomic E-state index is 10.3. The summed E-state index contributed by atoms with van der Waals surface area (Å²) in [6, 6.07) is 8.34. The fraction of sp³-hybridized carbons (Fsp3) is 0.647. The van der Waals surface area contributed by atoms with Gasteiger partial charge in [-0.3, -0.25) is 0 Å². The van der Waals surface area contributed by atoms with Crippen molar-refractivity contribution in [3.63, 3.8) is 0 Å². The van der Waals surface area contributed by atoms with E-state index < -0.39 is 6.10 Å². The summed E-state index contributed by atoms with van der Waals surface area (Å²) in [5, 5.41) is 10.3. The van der Waals surface area contributed by atoms with Gasteiger partial charge in [-0.1, -0.05) is 12.1 Å². The van der Waals surface area contributed by atoms with E-state index in [-0.39, 0.29) is 6.10 Å². The molecule has 3 heteroatoms. The monoisotopic (exact) mass is 277 g/mol. The van der Waals surface area contributed by atoms with E-state index in [1.165, 1.54) is 12.8 Å². The van der Waals surface area contributed by atoms with Crippen LogP contribution in [0.25, 0.3) is 0 Å². The number of likely N-dealkylation sites (N-methyl/N-ethyl adjacent to an activating group) is 1. The molecule has 0 heterocycles. The standard InChI is InChI=1S/C17H27NO2/c1-12(2)20-16-9-7-15(8-10-16)17(19)11-18(4)13(3)14-5-6-14/h7-10,12-14,17,19H,5-6,11H2,1-4H3. The van der Waals surface area contributed by atoms with Gasteiger partial charge in [0, 0.05) is 12.6 Å². The van der Waals surface area contributed by atoms with Gasteiger partial charge in [-0.2, -0.15) is 0 Å². The summed E-state index contributed by atoms with van der Waals surface area (Å²) in [6.45, 7) is 6.96. The first-order valence-corrected chi connectivity index (χ1v) is 7.62. The Balaban J connectivity index is 1.89. The lowest BCUT2D eigenvalue weighted by Crippen LogP contribution is -2.34. The number of rotatable bonds is 7. The minimum absolute atomic E-state index is 0.177. The van der Waals surface area contributed by atoms with Gasteiger partial charge in [0.2, 0.25) is 0 Å². The molecule has 0 aromatic heterocycles. The molecule has 0 amide bonds. The maximum absolute atomic E-state index is 10.3. The van der Waals surface area contributed by atoms with Crippen LogP contribution in [0, 0.1) is 5.92 Å². The van der Waals surface area contributed by atoms with Gasteiger partial charge < -0.3 is 14.7 Å². The largest absolute Gasteiger partial charge is 0.491 e. The first-order valence-electron chi connectivity index (χ1n) is 7.62. The molecule has 1 saturated carbocycles. The van der Waals surface area contributed by atoms with Gasteiger partial charge in [-0.25, -0.2) is 0 Å². The molecule has 3 nitrogen and oxygen atoms in total. The second kappa shape index (κ2) is 6.59. The summed E-state index contributed by atoms with van der Waals surface area (Å²) >= 11 is 0. The van der Waals surface area contributed by atoms with Crippen molar-refractivity contribution in [1.29, 1.82) is 0 Å². The van der Waals surface area contributed by atoms with Gasteiger partial charge in [-0.15, -0.1) is 0 Å². The highest BCUT2D eigenvalue weighted by Gasteiger charge is 2.31. The molecule has 2 rings (SSSR count). The zero-order valence-electron chi connectivity index (χ0n) is 13.0. The molecule has 2 unspecified atom stereocenters. The third-order valence-electron chi connectivity index (χ3n) is 4.10. The molecule has 0 radical (unpaired) electrons. The minimum atomic E-state index is -0.436. The van der Waals surface area contributed by atoms with Crippen molar-refractivity contribution in [3.8, 4) is 5.75 Å². The van der Waals surface area contributed by atoms with Gasteiger partial charge >= 0.3 is 0 Å². The molecule has 2 atom stereocenters. The molecule has 112 valence electrons. The second-order valence-corrected chi connectivity index (χ2v) is 6.27. The van der Waals surface area contributed by atoms with Crippen molar-refractivity contribution in [2.24, 2.45) is 5.92 Å². The Kier molecular flexibility index (Phi) is 5.06. The third kappa shape index (κ3) is 4.22. The quantitative estimate of drug-likeness (QED) is 0.830. The molecular weight excluding hydrogens is 250 g/mol. The summed E-state index contributed by atoms with van der Waals surface area (Å²) in [4.78, 5) is 2.26. The van der Waals surface area contributed by atoms with E-state index >= 15 is 0 Å². The van der Waals surface area contributed by atoms with E-state index in [0.29, 0.717) is 12.6 Å². The van der Waals surface area contributed by atoms with E-state index in [2.05, 4.69) is 18.9 Å². The van der Waals surface area contributed by atoms with Crippen molar-refractivity contribution in [2.45, 2.75) is 51.9 Å². The molecule has 1 fully saturated rings. The third-order valence-corrected chi connectivity index (χ3v) is 4.10. The van der Waals surface area contributed by atoms with E-state index in [0.717, 1.165) is 17.2 Å². The predicted molar refractivity (Wildman–Crippen MR) is 82.0 cm³/mol. The van der Waals surface area contributed by atoms with Crippen molar-refractivity contribution >= 4 is 0 Å². The summed E-state index contributed by atoms with van der Waals surface area (Å²) in [5.41, 5.74) is 0.955. The predicted octanol–water partition coefficient (Wildman–Crippen LogP) is 3.24. The molecule has 1 N–H and O–H groups in total. The zero-order chi connectivity index (χ0) is 14.7. The van der Waals surface area contributed by atoms with Crippen LogP contribution in [-0.2, 0) is 0 Å². The van der Waals surface area contributed by atoms with Crippen LogP contribution in [0.15, 0.2) is 24.3 Å². The molecule has 1 aliphatic carbocycles. The number of aliphatic hydroxyl groups is 1. The van der Waals surface area contributed by atoms with E-state index in [9.17, 15) is 5.11 Å². The van der Waals surface area contributed by atoms with Crippen LogP contribution in [-0.4, -0.2) is 35.7 Å². The number of benzene rings is 1. The van der Waals surface area contributed by atoms with Crippen LogP contribution < -0.4 is 4.74 Å². The molecule has 0 saturated heterocycles. The average molecular weight is 277 g/mol. The Morgan fingerprint density at radius 3 is 2.30 bits per heavy atom. The molecule has 0 spiro atoms. The van der Waals surface area contributed by atoms with E-state index in [4.69, 9.17) is 4.74 Å². The molecule has 1 aromatic carbocycles. The highest BCUT2D eigenvalue weighted by molar-refractivity contribution is 5.28. The van der Waals surface area contributed by atoms with Gasteiger partial charge in [0.1, 0.15) is 5.75 Å². The fourth-order valence-corrected chi connectivity index (χ4v) is 2.52. The van der Waals surface area contributed by atoms with E-state index in [1.54, 1.807) is 0 Å². The van der Waals surface area contributed by atoms with Gasteiger partial charge in [-0.05, 0) is 64.3 Å². The Hall–Kier alpha value is -1.06. The lowest BCUT2D eigenvalue weighted by atomic mass is 10.1. The summed E-state index contributed by atoms with van der Waals surface area (Å²) in [7, 11) is 2.10.